The average Bonchev–Trinajstić information content (AvgIpc) is 2.57. The van der Waals surface area contributed by atoms with Gasteiger partial charge in [-0.1, -0.05) is 12.8 Å². The van der Waals surface area contributed by atoms with Gasteiger partial charge in [0.1, 0.15) is 6.20 Å². The minimum Gasteiger partial charge on any atom is -0.351 e. The van der Waals surface area contributed by atoms with Gasteiger partial charge in [0.15, 0.2) is 0 Å². The third-order valence-electron chi connectivity index (χ3n) is 3.19. The molecule has 1 aromatic rings. The maximum atomic E-state index is 11.0. The Hall–Kier alpha value is -1.59. The highest BCUT2D eigenvalue weighted by Crippen LogP contribution is 2.29. The second-order valence-electron chi connectivity index (χ2n) is 4.33. The van der Waals surface area contributed by atoms with Gasteiger partial charge in [-0.2, -0.15) is 5.10 Å². The van der Waals surface area contributed by atoms with Crippen molar-refractivity contribution in [3.8, 4) is 0 Å². The van der Waals surface area contributed by atoms with Crippen LogP contribution in [-0.4, -0.2) is 27.8 Å². The molecule has 0 unspecified atom stereocenters. The molecule has 0 aliphatic carbocycles. The summed E-state index contributed by atoms with van der Waals surface area (Å²) in [5.74, 6) is 0.680. The monoisotopic (exact) mass is 238 g/mol. The smallest absolute Gasteiger partial charge is 0.331 e. The SMILES string of the molecule is CCn1ncc([N+](=O)[O-])c1N1CCCCCC1. The first kappa shape index (κ1) is 11.9. The largest absolute Gasteiger partial charge is 0.351 e. The van der Waals surface area contributed by atoms with E-state index in [1.54, 1.807) is 4.68 Å². The van der Waals surface area contributed by atoms with Crippen molar-refractivity contribution < 1.29 is 4.92 Å². The molecule has 0 atom stereocenters. The number of hydrogen-bond donors (Lipinski definition) is 0. The van der Waals surface area contributed by atoms with E-state index in [9.17, 15) is 10.1 Å². The highest BCUT2D eigenvalue weighted by Gasteiger charge is 2.25. The van der Waals surface area contributed by atoms with Crippen LogP contribution in [0.25, 0.3) is 0 Å². The van der Waals surface area contributed by atoms with E-state index in [2.05, 4.69) is 10.00 Å². The van der Waals surface area contributed by atoms with Crippen molar-refractivity contribution in [2.75, 3.05) is 18.0 Å². The Morgan fingerprint density at radius 1 is 1.35 bits per heavy atom. The van der Waals surface area contributed by atoms with Crippen molar-refractivity contribution in [1.29, 1.82) is 0 Å². The molecule has 1 aliphatic heterocycles. The summed E-state index contributed by atoms with van der Waals surface area (Å²) in [4.78, 5) is 12.8. The molecule has 0 saturated carbocycles. The molecule has 6 heteroatoms. The molecule has 1 aliphatic rings. The van der Waals surface area contributed by atoms with Gasteiger partial charge in [0.25, 0.3) is 0 Å². The Labute approximate surface area is 100 Å². The molecule has 1 fully saturated rings. The van der Waals surface area contributed by atoms with Crippen LogP contribution in [-0.2, 0) is 6.54 Å². The highest BCUT2D eigenvalue weighted by atomic mass is 16.6. The van der Waals surface area contributed by atoms with Crippen LogP contribution in [0, 0.1) is 10.1 Å². The average molecular weight is 238 g/mol. The molecule has 6 nitrogen and oxygen atoms in total. The maximum absolute atomic E-state index is 11.0. The molecule has 0 aromatic carbocycles. The zero-order valence-electron chi connectivity index (χ0n) is 10.1. The topological polar surface area (TPSA) is 64.2 Å². The lowest BCUT2D eigenvalue weighted by molar-refractivity contribution is -0.384. The lowest BCUT2D eigenvalue weighted by atomic mass is 10.2. The van der Waals surface area contributed by atoms with E-state index in [0.717, 1.165) is 25.9 Å². The molecule has 0 amide bonds. The Bertz CT molecular complexity index is 394. The molecule has 2 rings (SSSR count). The molecule has 1 saturated heterocycles. The van der Waals surface area contributed by atoms with Crippen LogP contribution in [0.1, 0.15) is 32.6 Å². The van der Waals surface area contributed by atoms with Gasteiger partial charge < -0.3 is 4.90 Å². The first-order valence-corrected chi connectivity index (χ1v) is 6.19. The van der Waals surface area contributed by atoms with Gasteiger partial charge in [-0.25, -0.2) is 4.68 Å². The third kappa shape index (κ3) is 2.40. The second-order valence-corrected chi connectivity index (χ2v) is 4.33. The molecule has 0 spiro atoms. The number of rotatable bonds is 3. The van der Waals surface area contributed by atoms with Crippen LogP contribution in [0.3, 0.4) is 0 Å². The van der Waals surface area contributed by atoms with E-state index in [1.165, 1.54) is 19.0 Å². The van der Waals surface area contributed by atoms with Crippen molar-refractivity contribution in [2.24, 2.45) is 0 Å². The van der Waals surface area contributed by atoms with Gasteiger partial charge in [-0.3, -0.25) is 10.1 Å². The summed E-state index contributed by atoms with van der Waals surface area (Å²) in [6.45, 7) is 4.41. The van der Waals surface area contributed by atoms with E-state index in [1.807, 2.05) is 6.92 Å². The van der Waals surface area contributed by atoms with Crippen LogP contribution in [0.4, 0.5) is 11.5 Å². The number of nitrogens with zero attached hydrogens (tertiary/aromatic N) is 4. The summed E-state index contributed by atoms with van der Waals surface area (Å²) in [5.41, 5.74) is 0.133. The van der Waals surface area contributed by atoms with Crippen molar-refractivity contribution in [3.05, 3.63) is 16.3 Å². The predicted molar refractivity (Wildman–Crippen MR) is 65.2 cm³/mol. The summed E-state index contributed by atoms with van der Waals surface area (Å²) in [6.07, 6.45) is 6.00. The number of aromatic nitrogens is 2. The fourth-order valence-corrected chi connectivity index (χ4v) is 2.34. The Kier molecular flexibility index (Phi) is 3.61. The summed E-state index contributed by atoms with van der Waals surface area (Å²) < 4.78 is 1.73. The van der Waals surface area contributed by atoms with Crippen molar-refractivity contribution in [1.82, 2.24) is 9.78 Å². The molecular weight excluding hydrogens is 220 g/mol. The number of hydrogen-bond acceptors (Lipinski definition) is 4. The zero-order chi connectivity index (χ0) is 12.3. The standard InChI is InChI=1S/C11H18N4O2/c1-2-14-11(10(9-12-14)15(16)17)13-7-5-3-4-6-8-13/h9H,2-8H2,1H3. The predicted octanol–water partition coefficient (Wildman–Crippen LogP) is 2.19. The van der Waals surface area contributed by atoms with E-state index >= 15 is 0 Å². The van der Waals surface area contributed by atoms with Gasteiger partial charge in [0, 0.05) is 19.6 Å². The fourth-order valence-electron chi connectivity index (χ4n) is 2.34. The van der Waals surface area contributed by atoms with E-state index in [4.69, 9.17) is 0 Å². The Morgan fingerprint density at radius 3 is 2.53 bits per heavy atom. The summed E-state index contributed by atoms with van der Waals surface area (Å²) in [6, 6.07) is 0. The lowest BCUT2D eigenvalue weighted by Gasteiger charge is -2.22. The fraction of sp³-hybridized carbons (Fsp3) is 0.727. The molecule has 0 N–H and O–H groups in total. The van der Waals surface area contributed by atoms with E-state index in [-0.39, 0.29) is 10.6 Å². The molecule has 2 heterocycles. The van der Waals surface area contributed by atoms with E-state index < -0.39 is 0 Å². The van der Waals surface area contributed by atoms with Gasteiger partial charge in [-0.05, 0) is 19.8 Å². The van der Waals surface area contributed by atoms with Gasteiger partial charge in [0.05, 0.1) is 4.92 Å². The van der Waals surface area contributed by atoms with Gasteiger partial charge in [0.2, 0.25) is 5.82 Å². The Balaban J connectivity index is 2.33. The second kappa shape index (κ2) is 5.16. The van der Waals surface area contributed by atoms with Crippen molar-refractivity contribution >= 4 is 11.5 Å². The van der Waals surface area contributed by atoms with Gasteiger partial charge >= 0.3 is 5.69 Å². The number of anilines is 1. The van der Waals surface area contributed by atoms with Crippen LogP contribution >= 0.6 is 0 Å². The molecule has 0 radical (unpaired) electrons. The van der Waals surface area contributed by atoms with Crippen LogP contribution < -0.4 is 4.90 Å². The first-order valence-electron chi connectivity index (χ1n) is 6.19. The van der Waals surface area contributed by atoms with Crippen LogP contribution in [0.15, 0.2) is 6.20 Å². The highest BCUT2D eigenvalue weighted by molar-refractivity contribution is 5.57. The maximum Gasteiger partial charge on any atom is 0.331 e. The van der Waals surface area contributed by atoms with E-state index in [0.29, 0.717) is 12.4 Å². The molecule has 17 heavy (non-hydrogen) atoms. The zero-order valence-corrected chi connectivity index (χ0v) is 10.1. The molecule has 1 aromatic heterocycles. The summed E-state index contributed by atoms with van der Waals surface area (Å²) >= 11 is 0. The summed E-state index contributed by atoms with van der Waals surface area (Å²) in [5, 5.41) is 15.1. The van der Waals surface area contributed by atoms with Crippen LogP contribution in [0.5, 0.6) is 0 Å². The molecule has 0 bridgehead atoms. The third-order valence-corrected chi connectivity index (χ3v) is 3.19. The summed E-state index contributed by atoms with van der Waals surface area (Å²) in [7, 11) is 0. The Morgan fingerprint density at radius 2 is 2.00 bits per heavy atom. The minimum atomic E-state index is -0.334. The minimum absolute atomic E-state index is 0.133. The van der Waals surface area contributed by atoms with Gasteiger partial charge in [-0.15, -0.1) is 0 Å². The van der Waals surface area contributed by atoms with Crippen molar-refractivity contribution in [2.45, 2.75) is 39.2 Å². The molecular formula is C11H18N4O2. The quantitative estimate of drug-likeness (QED) is 0.598. The normalized spacial score (nSPS) is 16.9. The number of nitro groups is 1. The number of aryl methyl sites for hydroxylation is 1. The molecule has 94 valence electrons. The van der Waals surface area contributed by atoms with Crippen molar-refractivity contribution in [3.63, 3.8) is 0 Å². The lowest BCUT2D eigenvalue weighted by Crippen LogP contribution is -2.27. The van der Waals surface area contributed by atoms with Crippen LogP contribution in [0.2, 0.25) is 0 Å². The first-order chi connectivity index (χ1) is 8.24.